The largest absolute Gasteiger partial charge is 0.870 e. The maximum Gasteiger partial charge on any atom is 0.296 e. The third-order valence-corrected chi connectivity index (χ3v) is 3.39. The monoisotopic (exact) mass is 542 g/mol. The van der Waals surface area contributed by atoms with Crippen LogP contribution in [-0.2, 0) is 65.4 Å². The number of pyridine rings is 2. The number of carboxylic acid groups (broad SMARTS) is 2. The summed E-state index contributed by atoms with van der Waals surface area (Å²) in [5.41, 5.74) is 14.1. The Bertz CT molecular complexity index is 751. The number of hydrogen-bond donors (Lipinski definition) is 3. The zero-order valence-electron chi connectivity index (χ0n) is 15.8. The molecule has 150 valence electrons. The second kappa shape index (κ2) is 14.9. The van der Waals surface area contributed by atoms with Crippen LogP contribution in [0, 0.1) is 40.1 Å². The molecule has 0 aliphatic rings. The number of carboxylic acids is 2. The predicted octanol–water partition coefficient (Wildman–Crippen LogP) is -0.783. The molecule has 2 aromatic heterocycles. The van der Waals surface area contributed by atoms with Crippen molar-refractivity contribution in [3.63, 3.8) is 0 Å². The molecule has 10 nitrogen and oxygen atoms in total. The summed E-state index contributed by atoms with van der Waals surface area (Å²) in [7, 11) is 0. The molecule has 0 fully saturated rings. The van der Waals surface area contributed by atoms with Gasteiger partial charge in [0.25, 0.3) is 5.97 Å². The van der Waals surface area contributed by atoms with Crippen LogP contribution in [-0.4, -0.2) is 38.0 Å². The van der Waals surface area contributed by atoms with Crippen molar-refractivity contribution in [2.75, 3.05) is 11.5 Å². The first-order chi connectivity index (χ1) is 11.1. The van der Waals surface area contributed by atoms with E-state index in [0.717, 1.165) is 0 Å². The van der Waals surface area contributed by atoms with Gasteiger partial charge >= 0.3 is 0 Å². The minimum atomic E-state index is -1.32. The van der Waals surface area contributed by atoms with Gasteiger partial charge in [0.1, 0.15) is 0 Å². The van der Waals surface area contributed by atoms with Crippen molar-refractivity contribution in [3.8, 4) is 0 Å². The van der Waals surface area contributed by atoms with Crippen LogP contribution in [0.4, 0.5) is 11.4 Å². The molecule has 2 heterocycles. The summed E-state index contributed by atoms with van der Waals surface area (Å²) >= 11 is 0. The van der Waals surface area contributed by atoms with Crippen molar-refractivity contribution < 1.29 is 96.2 Å². The van der Waals surface area contributed by atoms with Gasteiger partial charge in [0.2, 0.25) is 0 Å². The number of aromatic nitrogens is 2. The summed E-state index contributed by atoms with van der Waals surface area (Å²) in [5, 5.41) is 19.1. The third-order valence-electron chi connectivity index (χ3n) is 3.39. The molecule has 0 aromatic carbocycles. The van der Waals surface area contributed by atoms with Crippen LogP contribution in [0.3, 0.4) is 0 Å². The smallest absolute Gasteiger partial charge is 0.296 e. The van der Waals surface area contributed by atoms with Crippen LogP contribution >= 0.6 is 0 Å². The van der Waals surface area contributed by atoms with Gasteiger partial charge < -0.3 is 47.4 Å². The van der Waals surface area contributed by atoms with Gasteiger partial charge in [-0.3, -0.25) is 4.79 Å². The van der Waals surface area contributed by atoms with E-state index in [9.17, 15) is 14.7 Å². The molecule has 0 aliphatic carbocycles. The molecular formula is C16H20N4O6Y2-4. The van der Waals surface area contributed by atoms with Crippen molar-refractivity contribution in [1.82, 2.24) is 9.97 Å². The normalized spacial score (nSPS) is 8.43. The van der Waals surface area contributed by atoms with E-state index in [2.05, 4.69) is 22.4 Å². The van der Waals surface area contributed by atoms with Crippen LogP contribution in [0.1, 0.15) is 43.2 Å². The fraction of sp³-hybridized carbons (Fsp3) is 0.250. The summed E-state index contributed by atoms with van der Waals surface area (Å²) in [6.07, 6.45) is 5.03. The van der Waals surface area contributed by atoms with Gasteiger partial charge in [-0.2, -0.15) is 0 Å². The first-order valence-corrected chi connectivity index (χ1v) is 6.81. The minimum Gasteiger partial charge on any atom is -0.870 e. The van der Waals surface area contributed by atoms with Crippen molar-refractivity contribution in [2.24, 2.45) is 0 Å². The molecule has 0 spiro atoms. The topological polar surface area (TPSA) is 217 Å². The SMILES string of the molecule is Cc1[c-]nc(C(=O)O)c(C)c1N.Cc1[c-]nc(C(=O)[O-])c(C)c1N.O.[OH-].[Y].[Y]. The van der Waals surface area contributed by atoms with Gasteiger partial charge in [-0.1, -0.05) is 51.5 Å². The molecule has 0 aliphatic heterocycles. The Hall–Kier alpha value is -1.03. The summed E-state index contributed by atoms with van der Waals surface area (Å²) in [4.78, 5) is 28.2. The Morgan fingerprint density at radius 1 is 0.893 bits per heavy atom. The molecule has 2 rings (SSSR count). The second-order valence-electron chi connectivity index (χ2n) is 5.06. The number of hydrogen-bond acceptors (Lipinski definition) is 8. The Labute approximate surface area is 212 Å². The number of carbonyl (C=O) groups is 2. The Morgan fingerprint density at radius 3 is 1.54 bits per heavy atom. The molecule has 28 heavy (non-hydrogen) atoms. The maximum atomic E-state index is 10.5. The number of aryl methyl sites for hydroxylation is 2. The first kappa shape index (κ1) is 34.5. The van der Waals surface area contributed by atoms with Crippen molar-refractivity contribution in [2.45, 2.75) is 27.7 Å². The maximum absolute atomic E-state index is 10.5. The quantitative estimate of drug-likeness (QED) is 0.405. The van der Waals surface area contributed by atoms with E-state index in [1.165, 1.54) is 0 Å². The summed E-state index contributed by atoms with van der Waals surface area (Å²) < 4.78 is 0. The van der Waals surface area contributed by atoms with E-state index in [0.29, 0.717) is 33.6 Å². The summed E-state index contributed by atoms with van der Waals surface area (Å²) in [6, 6.07) is 0. The average Bonchev–Trinajstić information content (AvgIpc) is 2.50. The van der Waals surface area contributed by atoms with E-state index in [4.69, 9.17) is 16.6 Å². The molecule has 0 atom stereocenters. The molecule has 0 saturated carbocycles. The van der Waals surface area contributed by atoms with Crippen molar-refractivity contribution >= 4 is 23.3 Å². The molecule has 0 bridgehead atoms. The second-order valence-corrected chi connectivity index (χ2v) is 5.06. The Kier molecular flexibility index (Phi) is 18.3. The van der Waals surface area contributed by atoms with E-state index in [1.807, 2.05) is 0 Å². The van der Waals surface area contributed by atoms with Gasteiger partial charge in [-0.25, -0.2) is 0 Å². The molecule has 2 aromatic rings. The van der Waals surface area contributed by atoms with Gasteiger partial charge in [-0.15, -0.1) is 22.3 Å². The van der Waals surface area contributed by atoms with Gasteiger partial charge in [0.15, 0.2) is 0 Å². The number of anilines is 2. The summed E-state index contributed by atoms with van der Waals surface area (Å²) in [5.74, 6) is -2.40. The Morgan fingerprint density at radius 2 is 1.21 bits per heavy atom. The van der Waals surface area contributed by atoms with Crippen LogP contribution in [0.15, 0.2) is 0 Å². The number of carbonyl (C=O) groups excluding carboxylic acids is 1. The Balaban J connectivity index is -0.000000180. The van der Waals surface area contributed by atoms with E-state index >= 15 is 0 Å². The predicted molar refractivity (Wildman–Crippen MR) is 90.8 cm³/mol. The molecule has 8 N–H and O–H groups in total. The molecule has 0 amide bonds. The van der Waals surface area contributed by atoms with Crippen LogP contribution in [0.25, 0.3) is 0 Å². The fourth-order valence-corrected chi connectivity index (χ4v) is 1.79. The van der Waals surface area contributed by atoms with E-state index < -0.39 is 11.9 Å². The molecular weight excluding hydrogens is 522 g/mol. The number of nitrogen functional groups attached to an aromatic ring is 2. The van der Waals surface area contributed by atoms with Crippen LogP contribution in [0.2, 0.25) is 0 Å². The van der Waals surface area contributed by atoms with Crippen molar-refractivity contribution in [3.05, 3.63) is 46.0 Å². The van der Waals surface area contributed by atoms with Gasteiger partial charge in [-0.05, 0) is 5.69 Å². The molecule has 0 unspecified atom stereocenters. The first-order valence-electron chi connectivity index (χ1n) is 6.81. The van der Waals surface area contributed by atoms with Gasteiger partial charge in [0.05, 0.1) is 0 Å². The zero-order valence-corrected chi connectivity index (χ0v) is 21.5. The number of nitrogens with zero attached hydrogens (tertiary/aromatic N) is 2. The average molecular weight is 542 g/mol. The number of aromatic carboxylic acids is 2. The molecule has 2 radical (unpaired) electrons. The third kappa shape index (κ3) is 8.55. The van der Waals surface area contributed by atoms with Crippen molar-refractivity contribution in [1.29, 1.82) is 0 Å². The van der Waals surface area contributed by atoms with E-state index in [-0.39, 0.29) is 87.8 Å². The van der Waals surface area contributed by atoms with Crippen LogP contribution in [0.5, 0.6) is 0 Å². The van der Waals surface area contributed by atoms with Crippen LogP contribution < -0.4 is 16.6 Å². The summed E-state index contributed by atoms with van der Waals surface area (Å²) in [6.45, 7) is 6.68. The fourth-order valence-electron chi connectivity index (χ4n) is 1.79. The molecule has 12 heteroatoms. The van der Waals surface area contributed by atoms with Gasteiger partial charge in [0, 0.05) is 77.1 Å². The number of nitrogens with two attached hydrogens (primary N) is 2. The van der Waals surface area contributed by atoms with E-state index in [1.54, 1.807) is 27.7 Å². The standard InChI is InChI=1S/2C8H9N2O2.2H2O.2Y/c2*1-4-3-10-7(8(11)12)5(2)6(4)9;;;;/h2*1-2H3,(H2,9,10)(H,11,12);2*1H2;;/q2*-1;;;;/p-2. The number of rotatable bonds is 2. The molecule has 0 saturated heterocycles. The zero-order chi connectivity index (χ0) is 18.6. The minimum absolute atomic E-state index is 0.